The van der Waals surface area contributed by atoms with Crippen molar-refractivity contribution in [1.82, 2.24) is 9.78 Å². The predicted octanol–water partition coefficient (Wildman–Crippen LogP) is 3.96. The van der Waals surface area contributed by atoms with Crippen LogP contribution in [-0.2, 0) is 13.5 Å². The zero-order chi connectivity index (χ0) is 11.7. The number of halogens is 2. The summed E-state index contributed by atoms with van der Waals surface area (Å²) >= 11 is 12.2. The molecule has 0 N–H and O–H groups in total. The molecule has 2 aromatic rings. The maximum atomic E-state index is 6.25. The number of hydrogen-bond acceptors (Lipinski definition) is 1. The van der Waals surface area contributed by atoms with Gasteiger partial charge in [-0.25, -0.2) is 0 Å². The molecule has 0 aliphatic carbocycles. The molecule has 0 unspecified atom stereocenters. The van der Waals surface area contributed by atoms with E-state index in [4.69, 9.17) is 23.2 Å². The molecule has 4 heteroatoms. The van der Waals surface area contributed by atoms with E-state index in [0.717, 1.165) is 23.2 Å². The van der Waals surface area contributed by atoms with Crippen LogP contribution in [0.4, 0.5) is 0 Å². The fourth-order valence-electron chi connectivity index (χ4n) is 1.81. The number of aryl methyl sites for hydroxylation is 2. The maximum Gasteiger partial charge on any atom is 0.0696 e. The van der Waals surface area contributed by atoms with Gasteiger partial charge in [0, 0.05) is 23.8 Å². The predicted molar refractivity (Wildman–Crippen MR) is 68.0 cm³/mol. The molecular weight excluding hydrogens is 243 g/mol. The van der Waals surface area contributed by atoms with Crippen molar-refractivity contribution in [2.24, 2.45) is 7.05 Å². The van der Waals surface area contributed by atoms with Gasteiger partial charge in [-0.1, -0.05) is 30.1 Å². The van der Waals surface area contributed by atoms with Crippen LogP contribution in [0.25, 0.3) is 11.3 Å². The topological polar surface area (TPSA) is 17.8 Å². The summed E-state index contributed by atoms with van der Waals surface area (Å²) in [6.45, 7) is 2.09. The fourth-order valence-corrected chi connectivity index (χ4v) is 2.44. The lowest BCUT2D eigenvalue weighted by Gasteiger charge is -2.11. The molecule has 2 nitrogen and oxygen atoms in total. The van der Waals surface area contributed by atoms with Gasteiger partial charge in [0.1, 0.15) is 0 Å². The van der Waals surface area contributed by atoms with Gasteiger partial charge in [-0.05, 0) is 30.2 Å². The number of aromatic nitrogens is 2. The van der Waals surface area contributed by atoms with E-state index in [1.54, 1.807) is 12.3 Å². The molecule has 0 spiro atoms. The highest BCUT2D eigenvalue weighted by molar-refractivity contribution is 6.36. The van der Waals surface area contributed by atoms with Crippen molar-refractivity contribution >= 4 is 23.2 Å². The standard InChI is InChI=1S/C12H12Cl2N2/c1-3-8-6-9(13)7-10(14)12(8)11-4-5-15-16(11)2/h4-7H,3H2,1-2H3. The first-order chi connectivity index (χ1) is 7.63. The monoisotopic (exact) mass is 254 g/mol. The normalized spacial score (nSPS) is 10.8. The third-order valence-corrected chi connectivity index (χ3v) is 3.11. The second-order valence-corrected chi connectivity index (χ2v) is 4.46. The van der Waals surface area contributed by atoms with Crippen molar-refractivity contribution in [3.8, 4) is 11.3 Å². The fraction of sp³-hybridized carbons (Fsp3) is 0.250. The van der Waals surface area contributed by atoms with Crippen LogP contribution in [0.3, 0.4) is 0 Å². The zero-order valence-corrected chi connectivity index (χ0v) is 10.7. The summed E-state index contributed by atoms with van der Waals surface area (Å²) in [6.07, 6.45) is 2.65. The van der Waals surface area contributed by atoms with E-state index in [2.05, 4.69) is 12.0 Å². The van der Waals surface area contributed by atoms with Crippen LogP contribution in [0.2, 0.25) is 10.0 Å². The summed E-state index contributed by atoms with van der Waals surface area (Å²) in [5.74, 6) is 0. The quantitative estimate of drug-likeness (QED) is 0.794. The Hall–Kier alpha value is -0.990. The smallest absolute Gasteiger partial charge is 0.0696 e. The molecule has 16 heavy (non-hydrogen) atoms. The molecule has 1 aromatic carbocycles. The summed E-state index contributed by atoms with van der Waals surface area (Å²) in [5.41, 5.74) is 3.17. The zero-order valence-electron chi connectivity index (χ0n) is 9.17. The van der Waals surface area contributed by atoms with Crippen LogP contribution in [0, 0.1) is 0 Å². The van der Waals surface area contributed by atoms with Crippen molar-refractivity contribution in [3.63, 3.8) is 0 Å². The molecule has 1 heterocycles. The minimum absolute atomic E-state index is 0.674. The molecule has 0 radical (unpaired) electrons. The van der Waals surface area contributed by atoms with Gasteiger partial charge in [-0.15, -0.1) is 0 Å². The van der Waals surface area contributed by atoms with Crippen molar-refractivity contribution in [3.05, 3.63) is 40.0 Å². The second-order valence-electron chi connectivity index (χ2n) is 3.62. The first-order valence-corrected chi connectivity index (χ1v) is 5.85. The van der Waals surface area contributed by atoms with Crippen LogP contribution in [-0.4, -0.2) is 9.78 Å². The lowest BCUT2D eigenvalue weighted by atomic mass is 10.0. The number of hydrogen-bond donors (Lipinski definition) is 0. The number of benzene rings is 1. The van der Waals surface area contributed by atoms with Crippen LogP contribution >= 0.6 is 23.2 Å². The van der Waals surface area contributed by atoms with Crippen LogP contribution in [0.5, 0.6) is 0 Å². The molecule has 0 fully saturated rings. The Morgan fingerprint density at radius 3 is 2.62 bits per heavy atom. The van der Waals surface area contributed by atoms with Gasteiger partial charge in [0.15, 0.2) is 0 Å². The average Bonchev–Trinajstić information content (AvgIpc) is 2.63. The average molecular weight is 255 g/mol. The van der Waals surface area contributed by atoms with Crippen molar-refractivity contribution in [2.75, 3.05) is 0 Å². The van der Waals surface area contributed by atoms with Gasteiger partial charge in [0.2, 0.25) is 0 Å². The van der Waals surface area contributed by atoms with E-state index < -0.39 is 0 Å². The highest BCUT2D eigenvalue weighted by atomic mass is 35.5. The number of rotatable bonds is 2. The van der Waals surface area contributed by atoms with Gasteiger partial charge in [0.25, 0.3) is 0 Å². The molecular formula is C12H12Cl2N2. The van der Waals surface area contributed by atoms with E-state index in [1.807, 2.05) is 23.9 Å². The van der Waals surface area contributed by atoms with Gasteiger partial charge in [-0.3, -0.25) is 4.68 Å². The van der Waals surface area contributed by atoms with Crippen molar-refractivity contribution < 1.29 is 0 Å². The van der Waals surface area contributed by atoms with E-state index in [9.17, 15) is 0 Å². The highest BCUT2D eigenvalue weighted by Gasteiger charge is 2.12. The van der Waals surface area contributed by atoms with E-state index >= 15 is 0 Å². The van der Waals surface area contributed by atoms with Gasteiger partial charge in [0.05, 0.1) is 10.7 Å². The molecule has 1 aromatic heterocycles. The Bertz CT molecular complexity index is 518. The van der Waals surface area contributed by atoms with Crippen LogP contribution < -0.4 is 0 Å². The SMILES string of the molecule is CCc1cc(Cl)cc(Cl)c1-c1ccnn1C. The van der Waals surface area contributed by atoms with Gasteiger partial charge < -0.3 is 0 Å². The van der Waals surface area contributed by atoms with Crippen molar-refractivity contribution in [1.29, 1.82) is 0 Å². The second kappa shape index (κ2) is 4.48. The van der Waals surface area contributed by atoms with Gasteiger partial charge in [-0.2, -0.15) is 5.10 Å². The third kappa shape index (κ3) is 1.95. The lowest BCUT2D eigenvalue weighted by molar-refractivity contribution is 0.775. The minimum atomic E-state index is 0.674. The Morgan fingerprint density at radius 1 is 1.31 bits per heavy atom. The summed E-state index contributed by atoms with van der Waals surface area (Å²) < 4.78 is 1.81. The molecule has 2 rings (SSSR count). The Balaban J connectivity index is 2.69. The first kappa shape index (κ1) is 11.5. The number of nitrogens with zero attached hydrogens (tertiary/aromatic N) is 2. The largest absolute Gasteiger partial charge is 0.268 e. The van der Waals surface area contributed by atoms with E-state index in [-0.39, 0.29) is 0 Å². The molecule has 0 aliphatic heterocycles. The Labute approximate surface area is 105 Å². The maximum absolute atomic E-state index is 6.25. The van der Waals surface area contributed by atoms with Gasteiger partial charge >= 0.3 is 0 Å². The summed E-state index contributed by atoms with van der Waals surface area (Å²) in [4.78, 5) is 0. The van der Waals surface area contributed by atoms with Crippen molar-refractivity contribution in [2.45, 2.75) is 13.3 Å². The first-order valence-electron chi connectivity index (χ1n) is 5.09. The summed E-state index contributed by atoms with van der Waals surface area (Å²) in [5, 5.41) is 5.50. The molecule has 0 saturated heterocycles. The molecule has 0 bridgehead atoms. The Kier molecular flexibility index (Phi) is 3.22. The Morgan fingerprint density at radius 2 is 2.06 bits per heavy atom. The van der Waals surface area contributed by atoms with Crippen LogP contribution in [0.1, 0.15) is 12.5 Å². The molecule has 0 aliphatic rings. The third-order valence-electron chi connectivity index (χ3n) is 2.59. The van der Waals surface area contributed by atoms with E-state index in [0.29, 0.717) is 10.0 Å². The lowest BCUT2D eigenvalue weighted by Crippen LogP contribution is -1.97. The molecule has 0 amide bonds. The minimum Gasteiger partial charge on any atom is -0.268 e. The molecule has 0 atom stereocenters. The molecule has 0 saturated carbocycles. The summed E-state index contributed by atoms with van der Waals surface area (Å²) in [7, 11) is 1.90. The summed E-state index contributed by atoms with van der Waals surface area (Å²) in [6, 6.07) is 5.68. The molecule has 84 valence electrons. The van der Waals surface area contributed by atoms with Crippen LogP contribution in [0.15, 0.2) is 24.4 Å². The van der Waals surface area contributed by atoms with E-state index in [1.165, 1.54) is 0 Å². The highest BCUT2D eigenvalue weighted by Crippen LogP contribution is 2.34.